The molecule has 32 heavy (non-hydrogen) atoms. The third-order valence-electron chi connectivity index (χ3n) is 6.26. The number of hydrogen-bond donors (Lipinski definition) is 1. The minimum absolute atomic E-state index is 0.144. The van der Waals surface area contributed by atoms with Crippen LogP contribution in [0.5, 0.6) is 5.75 Å². The molecule has 3 aromatic heterocycles. The molecule has 8 heteroatoms. The highest BCUT2D eigenvalue weighted by molar-refractivity contribution is 5.82. The zero-order chi connectivity index (χ0) is 22.5. The summed E-state index contributed by atoms with van der Waals surface area (Å²) in [5.74, 6) is 0.448. The van der Waals surface area contributed by atoms with Gasteiger partial charge in [-0.25, -0.2) is 9.37 Å². The molecule has 7 nitrogen and oxygen atoms in total. The number of likely N-dealkylation sites (tertiary alicyclic amines) is 1. The topological polar surface area (TPSA) is 81.6 Å². The van der Waals surface area contributed by atoms with Gasteiger partial charge in [0, 0.05) is 42.3 Å². The molecule has 0 bridgehead atoms. The van der Waals surface area contributed by atoms with Crippen molar-refractivity contribution in [2.24, 2.45) is 5.73 Å². The van der Waals surface area contributed by atoms with E-state index in [1.54, 1.807) is 6.07 Å². The SMILES string of the molecule is CCOc1cc2nc(-c3nnc4ccc([C@@H](C)N5CC[C@](C)(N)C5)cn34)ccc2cc1F. The lowest BCUT2D eigenvalue weighted by atomic mass is 10.0. The first kappa shape index (κ1) is 20.8. The van der Waals surface area contributed by atoms with Gasteiger partial charge >= 0.3 is 0 Å². The van der Waals surface area contributed by atoms with Gasteiger partial charge in [0.15, 0.2) is 23.0 Å². The maximum absolute atomic E-state index is 14.2. The Bertz CT molecular complexity index is 1300. The highest BCUT2D eigenvalue weighted by Gasteiger charge is 2.32. The maximum atomic E-state index is 14.2. The van der Waals surface area contributed by atoms with Crippen molar-refractivity contribution in [1.29, 1.82) is 0 Å². The summed E-state index contributed by atoms with van der Waals surface area (Å²) >= 11 is 0. The Morgan fingerprint density at radius 1 is 1.22 bits per heavy atom. The molecule has 1 fully saturated rings. The van der Waals surface area contributed by atoms with Crippen LogP contribution < -0.4 is 10.5 Å². The smallest absolute Gasteiger partial charge is 0.187 e. The lowest BCUT2D eigenvalue weighted by Crippen LogP contribution is -2.39. The summed E-state index contributed by atoms with van der Waals surface area (Å²) in [6.07, 6.45) is 3.06. The van der Waals surface area contributed by atoms with Gasteiger partial charge in [-0.05, 0) is 51.0 Å². The van der Waals surface area contributed by atoms with E-state index in [1.807, 2.05) is 29.5 Å². The molecule has 1 aliphatic heterocycles. The molecule has 0 radical (unpaired) electrons. The van der Waals surface area contributed by atoms with Crippen LogP contribution in [0.15, 0.2) is 42.6 Å². The molecule has 1 aliphatic rings. The van der Waals surface area contributed by atoms with Gasteiger partial charge in [-0.3, -0.25) is 9.30 Å². The van der Waals surface area contributed by atoms with Crippen LogP contribution in [-0.2, 0) is 0 Å². The predicted molar refractivity (Wildman–Crippen MR) is 122 cm³/mol. The first-order chi connectivity index (χ1) is 15.3. The number of rotatable bonds is 5. The van der Waals surface area contributed by atoms with E-state index >= 15 is 0 Å². The molecule has 4 aromatic rings. The fourth-order valence-electron chi connectivity index (χ4n) is 4.41. The second-order valence-corrected chi connectivity index (χ2v) is 8.87. The molecular weight excluding hydrogens is 407 g/mol. The lowest BCUT2D eigenvalue weighted by molar-refractivity contribution is 0.248. The van der Waals surface area contributed by atoms with E-state index in [9.17, 15) is 4.39 Å². The van der Waals surface area contributed by atoms with Crippen molar-refractivity contribution < 1.29 is 9.13 Å². The van der Waals surface area contributed by atoms with E-state index in [2.05, 4.69) is 41.2 Å². The quantitative estimate of drug-likeness (QED) is 0.512. The van der Waals surface area contributed by atoms with Gasteiger partial charge in [-0.2, -0.15) is 0 Å². The van der Waals surface area contributed by atoms with Gasteiger partial charge in [0.25, 0.3) is 0 Å². The highest BCUT2D eigenvalue weighted by atomic mass is 19.1. The zero-order valence-electron chi connectivity index (χ0n) is 18.5. The van der Waals surface area contributed by atoms with Crippen molar-refractivity contribution in [3.05, 3.63) is 54.0 Å². The van der Waals surface area contributed by atoms with Crippen molar-refractivity contribution in [3.8, 4) is 17.3 Å². The normalized spacial score (nSPS) is 20.3. The summed E-state index contributed by atoms with van der Waals surface area (Å²) in [5, 5.41) is 9.40. The largest absolute Gasteiger partial charge is 0.491 e. The lowest BCUT2D eigenvalue weighted by Gasteiger charge is -2.26. The predicted octanol–water partition coefficient (Wildman–Crippen LogP) is 3.97. The molecule has 1 aromatic carbocycles. The Morgan fingerprint density at radius 3 is 2.81 bits per heavy atom. The van der Waals surface area contributed by atoms with Gasteiger partial charge in [-0.15, -0.1) is 10.2 Å². The van der Waals surface area contributed by atoms with Crippen LogP contribution in [0.2, 0.25) is 0 Å². The van der Waals surface area contributed by atoms with Crippen molar-refractivity contribution in [3.63, 3.8) is 0 Å². The number of nitrogens with zero attached hydrogens (tertiary/aromatic N) is 5. The molecule has 5 rings (SSSR count). The summed E-state index contributed by atoms with van der Waals surface area (Å²) in [4.78, 5) is 7.13. The number of benzene rings is 1. The molecule has 1 saturated heterocycles. The van der Waals surface area contributed by atoms with E-state index in [0.717, 1.165) is 30.7 Å². The van der Waals surface area contributed by atoms with Gasteiger partial charge in [0.2, 0.25) is 0 Å². The van der Waals surface area contributed by atoms with Crippen LogP contribution in [0.1, 0.15) is 38.8 Å². The minimum Gasteiger partial charge on any atom is -0.491 e. The average molecular weight is 435 g/mol. The fourth-order valence-corrected chi connectivity index (χ4v) is 4.41. The van der Waals surface area contributed by atoms with Gasteiger partial charge in [0.1, 0.15) is 5.69 Å². The van der Waals surface area contributed by atoms with Crippen molar-refractivity contribution in [2.45, 2.75) is 38.8 Å². The van der Waals surface area contributed by atoms with Crippen molar-refractivity contribution in [1.82, 2.24) is 24.5 Å². The zero-order valence-corrected chi connectivity index (χ0v) is 18.5. The summed E-state index contributed by atoms with van der Waals surface area (Å²) in [5.41, 5.74) is 9.42. The van der Waals surface area contributed by atoms with E-state index in [-0.39, 0.29) is 17.3 Å². The first-order valence-electron chi connectivity index (χ1n) is 11.0. The Hall–Kier alpha value is -3.10. The van der Waals surface area contributed by atoms with E-state index < -0.39 is 5.82 Å². The monoisotopic (exact) mass is 434 g/mol. The summed E-state index contributed by atoms with van der Waals surface area (Å²) < 4.78 is 21.5. The second kappa shape index (κ2) is 7.79. The number of nitrogens with two attached hydrogens (primary N) is 1. The molecule has 0 aliphatic carbocycles. The molecule has 0 unspecified atom stereocenters. The van der Waals surface area contributed by atoms with Gasteiger partial charge in [0.05, 0.1) is 12.1 Å². The molecule has 0 saturated carbocycles. The molecule has 4 heterocycles. The van der Waals surface area contributed by atoms with Gasteiger partial charge in [-0.1, -0.05) is 12.1 Å². The molecule has 0 spiro atoms. The molecule has 2 N–H and O–H groups in total. The van der Waals surface area contributed by atoms with Crippen LogP contribution in [0.3, 0.4) is 0 Å². The first-order valence-corrected chi connectivity index (χ1v) is 11.0. The Balaban J connectivity index is 1.53. The van der Waals surface area contributed by atoms with Crippen LogP contribution >= 0.6 is 0 Å². The molecule has 166 valence electrons. The van der Waals surface area contributed by atoms with Crippen molar-refractivity contribution >= 4 is 16.6 Å². The Morgan fingerprint density at radius 2 is 2.06 bits per heavy atom. The number of hydrogen-bond acceptors (Lipinski definition) is 6. The Labute approximate surface area is 186 Å². The molecule has 2 atom stereocenters. The fraction of sp³-hybridized carbons (Fsp3) is 0.375. The number of halogens is 1. The van der Waals surface area contributed by atoms with Crippen LogP contribution in [0, 0.1) is 5.82 Å². The van der Waals surface area contributed by atoms with Crippen LogP contribution in [-0.4, -0.2) is 49.7 Å². The minimum atomic E-state index is -0.393. The molecular formula is C24H27FN6O. The van der Waals surface area contributed by atoms with Gasteiger partial charge < -0.3 is 10.5 Å². The number of aromatic nitrogens is 4. The van der Waals surface area contributed by atoms with Crippen LogP contribution in [0.25, 0.3) is 28.1 Å². The average Bonchev–Trinajstić information content (AvgIpc) is 3.36. The highest BCUT2D eigenvalue weighted by Crippen LogP contribution is 2.30. The number of fused-ring (bicyclic) bond motifs is 2. The second-order valence-electron chi connectivity index (χ2n) is 8.87. The third kappa shape index (κ3) is 3.69. The standard InChI is InChI=1S/C24H27FN6O/c1-4-32-21-12-20-16(11-18(21)25)5-7-19(27-20)23-29-28-22-8-6-17(13-31(22)23)15(2)30-10-9-24(3,26)14-30/h5-8,11-13,15H,4,9-10,14,26H2,1-3H3/t15-,24+/m1/s1. The van der Waals surface area contributed by atoms with E-state index in [4.69, 9.17) is 15.5 Å². The Kier molecular flexibility index (Phi) is 5.06. The van der Waals surface area contributed by atoms with Crippen molar-refractivity contribution in [2.75, 3.05) is 19.7 Å². The third-order valence-corrected chi connectivity index (χ3v) is 6.26. The summed E-state index contributed by atoms with van der Waals surface area (Å²) in [7, 11) is 0. The van der Waals surface area contributed by atoms with E-state index in [0.29, 0.717) is 29.0 Å². The number of ether oxygens (including phenoxy) is 1. The molecule has 0 amide bonds. The summed E-state index contributed by atoms with van der Waals surface area (Å²) in [6.45, 7) is 8.36. The van der Waals surface area contributed by atoms with E-state index in [1.165, 1.54) is 6.07 Å². The number of pyridine rings is 2. The maximum Gasteiger partial charge on any atom is 0.187 e. The summed E-state index contributed by atoms with van der Waals surface area (Å²) in [6, 6.07) is 11.1. The van der Waals surface area contributed by atoms with Crippen LogP contribution in [0.4, 0.5) is 4.39 Å².